The first-order chi connectivity index (χ1) is 12.6. The summed E-state index contributed by atoms with van der Waals surface area (Å²) < 4.78 is 13.7. The molecule has 1 unspecified atom stereocenters. The van der Waals surface area contributed by atoms with Crippen molar-refractivity contribution in [2.75, 3.05) is 6.54 Å². The molecular formula is C21H22FN3O. The van der Waals surface area contributed by atoms with Gasteiger partial charge >= 0.3 is 0 Å². The molecule has 1 fully saturated rings. The highest BCUT2D eigenvalue weighted by atomic mass is 19.1. The van der Waals surface area contributed by atoms with E-state index in [9.17, 15) is 9.18 Å². The summed E-state index contributed by atoms with van der Waals surface area (Å²) in [5.74, 6) is 0.205. The number of fused-ring (bicyclic) bond motifs is 1. The topological polar surface area (TPSA) is 58.7 Å². The fourth-order valence-corrected chi connectivity index (χ4v) is 3.92. The number of hydrogen-bond acceptors (Lipinski definition) is 3. The number of amidine groups is 1. The fourth-order valence-electron chi connectivity index (χ4n) is 3.92. The van der Waals surface area contributed by atoms with Gasteiger partial charge in [-0.05, 0) is 48.2 Å². The van der Waals surface area contributed by atoms with Gasteiger partial charge < -0.3 is 10.6 Å². The van der Waals surface area contributed by atoms with Crippen molar-refractivity contribution in [1.82, 2.24) is 4.90 Å². The van der Waals surface area contributed by atoms with Gasteiger partial charge in [0.2, 0.25) is 0 Å². The van der Waals surface area contributed by atoms with Crippen molar-refractivity contribution < 1.29 is 9.18 Å². The third-order valence-electron chi connectivity index (χ3n) is 5.30. The second-order valence-electron chi connectivity index (χ2n) is 6.99. The van der Waals surface area contributed by atoms with Gasteiger partial charge in [0, 0.05) is 17.7 Å². The highest BCUT2D eigenvalue weighted by Crippen LogP contribution is 2.32. The smallest absolute Gasteiger partial charge is 0.254 e. The normalized spacial score (nSPS) is 19.7. The van der Waals surface area contributed by atoms with Crippen LogP contribution in [0.15, 0.2) is 47.5 Å². The van der Waals surface area contributed by atoms with Crippen molar-refractivity contribution in [2.24, 2.45) is 10.7 Å². The van der Waals surface area contributed by atoms with Crippen LogP contribution in [-0.2, 0) is 6.54 Å². The Morgan fingerprint density at radius 2 is 2.04 bits per heavy atom. The Hall–Kier alpha value is -2.69. The van der Waals surface area contributed by atoms with Gasteiger partial charge in [-0.3, -0.25) is 9.79 Å². The maximum atomic E-state index is 13.7. The first-order valence-electron chi connectivity index (χ1n) is 9.13. The average Bonchev–Trinajstić information content (AvgIpc) is 2.87. The van der Waals surface area contributed by atoms with Crippen molar-refractivity contribution in [3.05, 3.63) is 70.5 Å². The van der Waals surface area contributed by atoms with E-state index in [1.807, 2.05) is 29.2 Å². The van der Waals surface area contributed by atoms with Crippen LogP contribution >= 0.6 is 0 Å². The monoisotopic (exact) mass is 351 g/mol. The number of halogens is 1. The molecular weight excluding hydrogens is 329 g/mol. The van der Waals surface area contributed by atoms with E-state index in [1.54, 1.807) is 12.1 Å². The summed E-state index contributed by atoms with van der Waals surface area (Å²) in [4.78, 5) is 19.4. The predicted molar refractivity (Wildman–Crippen MR) is 99.5 cm³/mol. The molecule has 2 aliphatic heterocycles. The van der Waals surface area contributed by atoms with Crippen LogP contribution in [0.2, 0.25) is 0 Å². The Morgan fingerprint density at radius 3 is 2.88 bits per heavy atom. The van der Waals surface area contributed by atoms with Gasteiger partial charge in [-0.1, -0.05) is 31.0 Å². The molecule has 0 saturated carbocycles. The molecule has 0 radical (unpaired) electrons. The molecule has 0 spiro atoms. The summed E-state index contributed by atoms with van der Waals surface area (Å²) in [6, 6.07) is 12.1. The number of aliphatic imine (C=N–C) groups is 1. The SMILES string of the molecule is NC1=NCc2ccc(C(=O)N3CCCCCC3c3cccc(F)c3)cc21. The lowest BCUT2D eigenvalue weighted by Gasteiger charge is -2.31. The Morgan fingerprint density at radius 1 is 1.15 bits per heavy atom. The maximum Gasteiger partial charge on any atom is 0.254 e. The Balaban J connectivity index is 1.68. The highest BCUT2D eigenvalue weighted by Gasteiger charge is 2.28. The van der Waals surface area contributed by atoms with Gasteiger partial charge in [-0.25, -0.2) is 4.39 Å². The fraction of sp³-hybridized carbons (Fsp3) is 0.333. The molecule has 5 heteroatoms. The molecule has 2 aromatic rings. The maximum absolute atomic E-state index is 13.7. The number of benzene rings is 2. The van der Waals surface area contributed by atoms with E-state index < -0.39 is 0 Å². The van der Waals surface area contributed by atoms with Gasteiger partial charge in [0.25, 0.3) is 5.91 Å². The van der Waals surface area contributed by atoms with Crippen LogP contribution in [0.1, 0.15) is 58.8 Å². The molecule has 2 aliphatic rings. The Bertz CT molecular complexity index is 877. The highest BCUT2D eigenvalue weighted by molar-refractivity contribution is 6.04. The molecule has 0 aliphatic carbocycles. The number of carbonyl (C=O) groups is 1. The molecule has 0 bridgehead atoms. The Kier molecular flexibility index (Phi) is 4.45. The van der Waals surface area contributed by atoms with E-state index in [4.69, 9.17) is 5.73 Å². The third-order valence-corrected chi connectivity index (χ3v) is 5.30. The molecule has 4 rings (SSSR count). The number of likely N-dealkylation sites (tertiary alicyclic amines) is 1. The molecule has 2 aromatic carbocycles. The predicted octanol–water partition coefficient (Wildman–Crippen LogP) is 3.80. The Labute approximate surface area is 152 Å². The van der Waals surface area contributed by atoms with Crippen LogP contribution in [0, 0.1) is 5.82 Å². The lowest BCUT2D eigenvalue weighted by Crippen LogP contribution is -2.35. The molecule has 1 amide bonds. The van der Waals surface area contributed by atoms with E-state index in [0.717, 1.165) is 42.4 Å². The summed E-state index contributed by atoms with van der Waals surface area (Å²) in [5.41, 5.74) is 9.33. The minimum atomic E-state index is -0.263. The van der Waals surface area contributed by atoms with E-state index in [1.165, 1.54) is 6.07 Å². The largest absolute Gasteiger partial charge is 0.383 e. The average molecular weight is 351 g/mol. The van der Waals surface area contributed by atoms with Crippen LogP contribution in [0.25, 0.3) is 0 Å². The van der Waals surface area contributed by atoms with Crippen molar-refractivity contribution in [3.8, 4) is 0 Å². The third kappa shape index (κ3) is 3.09. The standard InChI is InChI=1S/C21H22FN3O/c22-17-6-4-5-14(11-17)19-7-2-1-3-10-25(19)21(26)15-8-9-16-13-24-20(23)18(16)12-15/h4-6,8-9,11-12,19H,1-3,7,10,13H2,(H2,23,24). The second kappa shape index (κ2) is 6.90. The lowest BCUT2D eigenvalue weighted by molar-refractivity contribution is 0.0680. The molecule has 4 nitrogen and oxygen atoms in total. The number of amides is 1. The molecule has 134 valence electrons. The zero-order chi connectivity index (χ0) is 18.1. The number of rotatable bonds is 2. The van der Waals surface area contributed by atoms with Crippen molar-refractivity contribution >= 4 is 11.7 Å². The zero-order valence-corrected chi connectivity index (χ0v) is 14.6. The number of hydrogen-bond donors (Lipinski definition) is 1. The van der Waals surface area contributed by atoms with Crippen molar-refractivity contribution in [1.29, 1.82) is 0 Å². The van der Waals surface area contributed by atoms with E-state index in [0.29, 0.717) is 24.5 Å². The first-order valence-corrected chi connectivity index (χ1v) is 9.13. The van der Waals surface area contributed by atoms with Crippen LogP contribution < -0.4 is 5.73 Å². The number of carbonyl (C=O) groups excluding carboxylic acids is 1. The minimum Gasteiger partial charge on any atom is -0.383 e. The van der Waals surface area contributed by atoms with Crippen LogP contribution in [0.3, 0.4) is 0 Å². The quantitative estimate of drug-likeness (QED) is 0.895. The minimum absolute atomic E-state index is 0.0244. The molecule has 1 atom stereocenters. The van der Waals surface area contributed by atoms with Crippen LogP contribution in [-0.4, -0.2) is 23.2 Å². The first kappa shape index (κ1) is 16.8. The van der Waals surface area contributed by atoms with Crippen molar-refractivity contribution in [2.45, 2.75) is 38.3 Å². The van der Waals surface area contributed by atoms with Gasteiger partial charge in [0.05, 0.1) is 12.6 Å². The van der Waals surface area contributed by atoms with Gasteiger partial charge in [-0.2, -0.15) is 0 Å². The number of nitrogens with two attached hydrogens (primary N) is 1. The van der Waals surface area contributed by atoms with Crippen molar-refractivity contribution in [3.63, 3.8) is 0 Å². The second-order valence-corrected chi connectivity index (χ2v) is 6.99. The van der Waals surface area contributed by atoms with Gasteiger partial charge in [-0.15, -0.1) is 0 Å². The summed E-state index contributed by atoms with van der Waals surface area (Å²) in [7, 11) is 0. The molecule has 0 aromatic heterocycles. The van der Waals surface area contributed by atoms with E-state index in [-0.39, 0.29) is 17.8 Å². The van der Waals surface area contributed by atoms with Gasteiger partial charge in [0.15, 0.2) is 0 Å². The van der Waals surface area contributed by atoms with Crippen LogP contribution in [0.5, 0.6) is 0 Å². The summed E-state index contributed by atoms with van der Waals surface area (Å²) in [5, 5.41) is 0. The van der Waals surface area contributed by atoms with E-state index >= 15 is 0 Å². The van der Waals surface area contributed by atoms with Gasteiger partial charge in [0.1, 0.15) is 11.7 Å². The van der Waals surface area contributed by atoms with Crippen LogP contribution in [0.4, 0.5) is 4.39 Å². The summed E-state index contributed by atoms with van der Waals surface area (Å²) in [6.07, 6.45) is 3.93. The molecule has 26 heavy (non-hydrogen) atoms. The summed E-state index contributed by atoms with van der Waals surface area (Å²) in [6.45, 7) is 1.26. The zero-order valence-electron chi connectivity index (χ0n) is 14.6. The molecule has 1 saturated heterocycles. The molecule has 2 heterocycles. The summed E-state index contributed by atoms with van der Waals surface area (Å²) >= 11 is 0. The number of nitrogens with zero attached hydrogens (tertiary/aromatic N) is 2. The van der Waals surface area contributed by atoms with E-state index in [2.05, 4.69) is 4.99 Å². The molecule has 2 N–H and O–H groups in total. The lowest BCUT2D eigenvalue weighted by atomic mass is 9.99.